The molecular formula is C48H56F2N2O9. The largest absolute Gasteiger partial charge is 0.459 e. The van der Waals surface area contributed by atoms with Gasteiger partial charge in [0.25, 0.3) is 5.92 Å². The molecule has 0 aromatic heterocycles. The Morgan fingerprint density at radius 2 is 1.13 bits per heavy atom. The van der Waals surface area contributed by atoms with E-state index >= 15 is 8.78 Å². The molecule has 1 aliphatic heterocycles. The predicted octanol–water partition coefficient (Wildman–Crippen LogP) is 8.13. The Hall–Kier alpha value is -5.50. The molecule has 0 bridgehead atoms. The summed E-state index contributed by atoms with van der Waals surface area (Å²) in [7, 11) is 0. The monoisotopic (exact) mass is 842 g/mol. The Balaban J connectivity index is 1.35. The van der Waals surface area contributed by atoms with E-state index in [4.69, 9.17) is 23.7 Å². The van der Waals surface area contributed by atoms with Gasteiger partial charge in [-0.25, -0.2) is 18.4 Å². The third kappa shape index (κ3) is 14.0. The van der Waals surface area contributed by atoms with Gasteiger partial charge >= 0.3 is 12.1 Å². The number of halogens is 2. The highest BCUT2D eigenvalue weighted by Gasteiger charge is 2.56. The van der Waals surface area contributed by atoms with Crippen LogP contribution in [0.5, 0.6) is 0 Å². The van der Waals surface area contributed by atoms with Crippen LogP contribution in [0.1, 0.15) is 69.2 Å². The Morgan fingerprint density at radius 3 is 1.62 bits per heavy atom. The molecule has 1 aliphatic rings. The van der Waals surface area contributed by atoms with E-state index in [2.05, 4.69) is 10.6 Å². The molecule has 5 rings (SSSR count). The topological polar surface area (TPSA) is 138 Å². The van der Waals surface area contributed by atoms with Gasteiger partial charge < -0.3 is 34.3 Å². The van der Waals surface area contributed by atoms with Crippen molar-refractivity contribution in [3.05, 3.63) is 144 Å². The van der Waals surface area contributed by atoms with Crippen molar-refractivity contribution in [2.45, 2.75) is 116 Å². The lowest BCUT2D eigenvalue weighted by atomic mass is 9.83. The van der Waals surface area contributed by atoms with Crippen LogP contribution in [0.2, 0.25) is 0 Å². The molecule has 0 radical (unpaired) electrons. The van der Waals surface area contributed by atoms with Crippen molar-refractivity contribution in [3.8, 4) is 0 Å². The molecule has 4 aromatic rings. The Kier molecular flexibility index (Phi) is 17.5. The minimum atomic E-state index is -3.79. The maximum atomic E-state index is 17.2. The highest BCUT2D eigenvalue weighted by molar-refractivity contribution is 5.92. The summed E-state index contributed by atoms with van der Waals surface area (Å²) in [4.78, 5) is 53.1. The van der Waals surface area contributed by atoms with Gasteiger partial charge in [-0.05, 0) is 35.6 Å². The first-order chi connectivity index (χ1) is 29.3. The van der Waals surface area contributed by atoms with Crippen molar-refractivity contribution in [1.29, 1.82) is 0 Å². The van der Waals surface area contributed by atoms with Crippen LogP contribution in [-0.4, -0.2) is 66.2 Å². The Morgan fingerprint density at radius 1 is 0.672 bits per heavy atom. The third-order valence-corrected chi connectivity index (χ3v) is 10.7. The van der Waals surface area contributed by atoms with Gasteiger partial charge in [0, 0.05) is 24.7 Å². The number of hydrogen-bond donors (Lipinski definition) is 2. The van der Waals surface area contributed by atoms with Gasteiger partial charge in [-0.2, -0.15) is 0 Å². The average Bonchev–Trinajstić information content (AvgIpc) is 3.27. The lowest BCUT2D eigenvalue weighted by molar-refractivity contribution is -0.285. The zero-order valence-corrected chi connectivity index (χ0v) is 35.0. The summed E-state index contributed by atoms with van der Waals surface area (Å²) in [6.07, 6.45) is -7.16. The predicted molar refractivity (Wildman–Crippen MR) is 224 cm³/mol. The van der Waals surface area contributed by atoms with Gasteiger partial charge in [0.15, 0.2) is 5.78 Å². The standard InChI is InChI=1S/C48H56F2N2O9/c1-5-41-33(3)42(57-28-35-18-10-6-11-19-35)43(58-29-36-20-12-7-13-21-36)44(61-41)48(49,50)27-39(52-47(56)60-31-38-24-16-9-17-25-38)40(53)26-32(2)45(54)51-34(4)46(55)59-30-37-22-14-8-15-23-37/h6-25,32-34,39,41-44H,5,26-31H2,1-4H3,(H,51,54)(H,52,56)/t32-,33+,34+,39-,41-,42+,43-,44-/m1/s1. The van der Waals surface area contributed by atoms with E-state index in [1.54, 1.807) is 54.6 Å². The summed E-state index contributed by atoms with van der Waals surface area (Å²) in [6, 6.07) is 33.3. The molecule has 8 atom stereocenters. The minimum absolute atomic E-state index is 0.00344. The van der Waals surface area contributed by atoms with Crippen LogP contribution in [0.15, 0.2) is 121 Å². The molecule has 1 heterocycles. The summed E-state index contributed by atoms with van der Waals surface area (Å²) in [5.74, 6) is -7.46. The quantitative estimate of drug-likeness (QED) is 0.0797. The van der Waals surface area contributed by atoms with E-state index < -0.39 is 84.9 Å². The number of amides is 2. The number of ketones is 1. The highest BCUT2D eigenvalue weighted by Crippen LogP contribution is 2.41. The van der Waals surface area contributed by atoms with E-state index in [1.807, 2.05) is 80.6 Å². The van der Waals surface area contributed by atoms with Crippen molar-refractivity contribution in [3.63, 3.8) is 0 Å². The number of alkyl halides is 2. The van der Waals surface area contributed by atoms with Crippen LogP contribution in [0.4, 0.5) is 13.6 Å². The summed E-state index contributed by atoms with van der Waals surface area (Å²) >= 11 is 0. The van der Waals surface area contributed by atoms with Crippen molar-refractivity contribution >= 4 is 23.8 Å². The van der Waals surface area contributed by atoms with Gasteiger partial charge in [-0.3, -0.25) is 9.59 Å². The number of carbonyl (C=O) groups excluding carboxylic acids is 4. The number of nitrogens with one attached hydrogen (secondary N) is 2. The van der Waals surface area contributed by atoms with Crippen LogP contribution in [0, 0.1) is 11.8 Å². The van der Waals surface area contributed by atoms with E-state index in [0.29, 0.717) is 12.0 Å². The van der Waals surface area contributed by atoms with E-state index in [9.17, 15) is 19.2 Å². The van der Waals surface area contributed by atoms with Crippen LogP contribution < -0.4 is 10.6 Å². The fourth-order valence-corrected chi connectivity index (χ4v) is 7.19. The molecule has 13 heteroatoms. The SMILES string of the molecule is CC[C@H]1O[C@@H](C(F)(F)C[C@@H](NC(=O)OCc2ccccc2)C(=O)C[C@@H](C)C(=O)N[C@@H](C)C(=O)OCc2ccccc2)[C@H](OCc2ccccc2)[C@@H](OCc2ccccc2)[C@H]1C. The lowest BCUT2D eigenvalue weighted by Crippen LogP contribution is -2.62. The molecule has 0 aliphatic carbocycles. The number of carbonyl (C=O) groups is 4. The number of Topliss-reactive ketones (excluding diaryl/α,β-unsaturated/α-hetero) is 1. The average molecular weight is 843 g/mol. The molecule has 1 fully saturated rings. The van der Waals surface area contributed by atoms with Crippen LogP contribution >= 0.6 is 0 Å². The molecule has 61 heavy (non-hydrogen) atoms. The smallest absolute Gasteiger partial charge is 0.408 e. The van der Waals surface area contributed by atoms with Crippen molar-refractivity contribution < 1.29 is 51.6 Å². The van der Waals surface area contributed by atoms with Gasteiger partial charge in [-0.15, -0.1) is 0 Å². The van der Waals surface area contributed by atoms with Gasteiger partial charge in [0.2, 0.25) is 5.91 Å². The second-order valence-electron chi connectivity index (χ2n) is 15.5. The first-order valence-electron chi connectivity index (χ1n) is 20.7. The highest BCUT2D eigenvalue weighted by atomic mass is 19.3. The first-order valence-corrected chi connectivity index (χ1v) is 20.7. The fraction of sp³-hybridized carbons (Fsp3) is 0.417. The molecule has 2 amide bonds. The van der Waals surface area contributed by atoms with Gasteiger partial charge in [0.1, 0.15) is 31.5 Å². The minimum Gasteiger partial charge on any atom is -0.459 e. The fourth-order valence-electron chi connectivity index (χ4n) is 7.19. The first kappa shape index (κ1) is 46.6. The van der Waals surface area contributed by atoms with Crippen LogP contribution in [-0.2, 0) is 64.5 Å². The van der Waals surface area contributed by atoms with Crippen molar-refractivity contribution in [2.24, 2.45) is 11.8 Å². The Bertz CT molecular complexity index is 1970. The maximum absolute atomic E-state index is 17.2. The van der Waals surface area contributed by atoms with E-state index in [0.717, 1.165) is 16.7 Å². The van der Waals surface area contributed by atoms with Crippen molar-refractivity contribution in [1.82, 2.24) is 10.6 Å². The molecular weight excluding hydrogens is 787 g/mol. The molecule has 326 valence electrons. The second-order valence-corrected chi connectivity index (χ2v) is 15.5. The number of esters is 1. The number of alkyl carbamates (subject to hydrolysis) is 1. The van der Waals surface area contributed by atoms with Crippen molar-refractivity contribution in [2.75, 3.05) is 0 Å². The lowest BCUT2D eigenvalue weighted by Gasteiger charge is -2.48. The number of benzene rings is 4. The van der Waals surface area contributed by atoms with E-state index in [-0.39, 0.29) is 32.3 Å². The summed E-state index contributed by atoms with van der Waals surface area (Å²) in [5, 5.41) is 4.90. The molecule has 0 spiro atoms. The molecule has 0 unspecified atom stereocenters. The second kappa shape index (κ2) is 22.9. The number of hydrogen-bond acceptors (Lipinski definition) is 9. The molecule has 4 aromatic carbocycles. The zero-order valence-electron chi connectivity index (χ0n) is 35.0. The molecule has 11 nitrogen and oxygen atoms in total. The van der Waals surface area contributed by atoms with Gasteiger partial charge in [0.05, 0.1) is 31.5 Å². The van der Waals surface area contributed by atoms with Crippen LogP contribution in [0.3, 0.4) is 0 Å². The number of ether oxygens (including phenoxy) is 5. The summed E-state index contributed by atoms with van der Waals surface area (Å²) in [6.45, 7) is 6.51. The zero-order chi connectivity index (χ0) is 43.8. The molecule has 1 saturated heterocycles. The number of rotatable bonds is 21. The summed E-state index contributed by atoms with van der Waals surface area (Å²) < 4.78 is 64.0. The van der Waals surface area contributed by atoms with Gasteiger partial charge in [-0.1, -0.05) is 142 Å². The Labute approximate surface area is 356 Å². The summed E-state index contributed by atoms with van der Waals surface area (Å²) in [5.41, 5.74) is 3.00. The van der Waals surface area contributed by atoms with Crippen LogP contribution in [0.25, 0.3) is 0 Å². The third-order valence-electron chi connectivity index (χ3n) is 10.7. The normalized spacial score (nSPS) is 20.4. The maximum Gasteiger partial charge on any atom is 0.408 e. The van der Waals surface area contributed by atoms with E-state index in [1.165, 1.54) is 13.8 Å². The molecule has 0 saturated carbocycles. The molecule has 2 N–H and O–H groups in total.